The minimum Gasteiger partial charge on any atom is -0.478 e. The molecule has 0 bridgehead atoms. The van der Waals surface area contributed by atoms with Crippen LogP contribution in [0.1, 0.15) is 15.9 Å². The van der Waals surface area contributed by atoms with Gasteiger partial charge in [0.15, 0.2) is 0 Å². The molecule has 0 saturated carbocycles. The van der Waals surface area contributed by atoms with E-state index in [0.29, 0.717) is 30.8 Å². The zero-order valence-corrected chi connectivity index (χ0v) is 11.3. The summed E-state index contributed by atoms with van der Waals surface area (Å²) in [5.41, 5.74) is 0.913. The van der Waals surface area contributed by atoms with Crippen molar-refractivity contribution in [2.45, 2.75) is 6.10 Å². The number of hydrogen-bond donors (Lipinski definition) is 2. The average molecular weight is 292 g/mol. The molecule has 1 unspecified atom stereocenters. The van der Waals surface area contributed by atoms with Crippen LogP contribution in [0.25, 0.3) is 6.08 Å². The van der Waals surface area contributed by atoms with Crippen LogP contribution in [0, 0.1) is 0 Å². The molecule has 1 atom stereocenters. The molecular weight excluding hydrogens is 276 g/mol. The largest absolute Gasteiger partial charge is 0.478 e. The van der Waals surface area contributed by atoms with Crippen LogP contribution in [0.4, 0.5) is 0 Å². The monoisotopic (exact) mass is 292 g/mol. The Balaban J connectivity index is 2.12. The molecule has 2 heterocycles. The summed E-state index contributed by atoms with van der Waals surface area (Å²) < 4.78 is 5.30. The first-order valence-electron chi connectivity index (χ1n) is 6.48. The third-order valence-corrected chi connectivity index (χ3v) is 3.05. The van der Waals surface area contributed by atoms with E-state index in [4.69, 9.17) is 14.9 Å². The summed E-state index contributed by atoms with van der Waals surface area (Å²) in [5, 5.41) is 17.7. The SMILES string of the molecule is O=C(O)/C=C/c1cncc(C(=O)N2CCOC(CO)C2)c1. The number of carboxylic acid groups (broad SMARTS) is 1. The maximum atomic E-state index is 12.4. The summed E-state index contributed by atoms with van der Waals surface area (Å²) in [6, 6.07) is 1.58. The van der Waals surface area contributed by atoms with E-state index in [9.17, 15) is 9.59 Å². The van der Waals surface area contributed by atoms with Gasteiger partial charge in [-0.2, -0.15) is 0 Å². The van der Waals surface area contributed by atoms with E-state index in [1.165, 1.54) is 18.5 Å². The molecule has 2 rings (SSSR count). The van der Waals surface area contributed by atoms with Crippen LogP contribution in [0.2, 0.25) is 0 Å². The molecule has 7 nitrogen and oxygen atoms in total. The Morgan fingerprint density at radius 2 is 2.29 bits per heavy atom. The van der Waals surface area contributed by atoms with E-state index in [1.807, 2.05) is 0 Å². The number of pyridine rings is 1. The fourth-order valence-corrected chi connectivity index (χ4v) is 2.03. The lowest BCUT2D eigenvalue weighted by atomic mass is 10.1. The summed E-state index contributed by atoms with van der Waals surface area (Å²) in [5.74, 6) is -1.28. The van der Waals surface area contributed by atoms with Crippen LogP contribution in [0.5, 0.6) is 0 Å². The van der Waals surface area contributed by atoms with Gasteiger partial charge in [-0.25, -0.2) is 4.79 Å². The second-order valence-corrected chi connectivity index (χ2v) is 4.61. The Morgan fingerprint density at radius 1 is 1.48 bits per heavy atom. The van der Waals surface area contributed by atoms with Gasteiger partial charge in [-0.3, -0.25) is 9.78 Å². The number of amides is 1. The Hall–Kier alpha value is -2.25. The van der Waals surface area contributed by atoms with Gasteiger partial charge in [0.05, 0.1) is 24.9 Å². The van der Waals surface area contributed by atoms with E-state index >= 15 is 0 Å². The molecule has 1 aromatic heterocycles. The van der Waals surface area contributed by atoms with E-state index in [2.05, 4.69) is 4.98 Å². The topological polar surface area (TPSA) is 100.0 Å². The Morgan fingerprint density at radius 3 is 3.00 bits per heavy atom. The number of aliphatic hydroxyl groups excluding tert-OH is 1. The fraction of sp³-hybridized carbons (Fsp3) is 0.357. The normalized spacial score (nSPS) is 18.9. The molecule has 1 aliphatic rings. The first-order valence-corrected chi connectivity index (χ1v) is 6.48. The molecule has 1 aliphatic heterocycles. The molecule has 1 aromatic rings. The number of nitrogens with zero attached hydrogens (tertiary/aromatic N) is 2. The van der Waals surface area contributed by atoms with Gasteiger partial charge >= 0.3 is 5.97 Å². The minimum atomic E-state index is -1.06. The van der Waals surface area contributed by atoms with Gasteiger partial charge in [-0.05, 0) is 17.7 Å². The number of carbonyl (C=O) groups excluding carboxylic acids is 1. The average Bonchev–Trinajstić information content (AvgIpc) is 2.52. The highest BCUT2D eigenvalue weighted by Gasteiger charge is 2.24. The van der Waals surface area contributed by atoms with Crippen LogP contribution in [-0.2, 0) is 9.53 Å². The lowest BCUT2D eigenvalue weighted by molar-refractivity contribution is -0.131. The highest BCUT2D eigenvalue weighted by molar-refractivity contribution is 5.95. The molecule has 112 valence electrons. The quantitative estimate of drug-likeness (QED) is 0.758. The maximum Gasteiger partial charge on any atom is 0.328 e. The van der Waals surface area contributed by atoms with Gasteiger partial charge in [0.2, 0.25) is 0 Å². The molecule has 2 N–H and O–H groups in total. The third-order valence-electron chi connectivity index (χ3n) is 3.05. The Bertz CT molecular complexity index is 558. The molecule has 7 heteroatoms. The van der Waals surface area contributed by atoms with Gasteiger partial charge in [0.1, 0.15) is 0 Å². The fourth-order valence-electron chi connectivity index (χ4n) is 2.03. The standard InChI is InChI=1S/C14H16N2O5/c17-9-12-8-16(3-4-21-12)14(20)11-5-10(6-15-7-11)1-2-13(18)19/h1-2,5-7,12,17H,3-4,8-9H2,(H,18,19)/b2-1+. The number of rotatable bonds is 4. The number of hydrogen-bond acceptors (Lipinski definition) is 5. The van der Waals surface area contributed by atoms with E-state index in [0.717, 1.165) is 6.08 Å². The van der Waals surface area contributed by atoms with Gasteiger partial charge in [-0.1, -0.05) is 0 Å². The molecule has 1 fully saturated rings. The second kappa shape index (κ2) is 6.96. The van der Waals surface area contributed by atoms with Crippen molar-refractivity contribution in [3.63, 3.8) is 0 Å². The first kappa shape index (κ1) is 15.1. The molecule has 0 radical (unpaired) electrons. The van der Waals surface area contributed by atoms with Crippen molar-refractivity contribution in [2.75, 3.05) is 26.3 Å². The summed E-state index contributed by atoms with van der Waals surface area (Å²) in [4.78, 5) is 28.4. The first-order chi connectivity index (χ1) is 10.1. The lowest BCUT2D eigenvalue weighted by Gasteiger charge is -2.32. The molecule has 0 aromatic carbocycles. The van der Waals surface area contributed by atoms with Crippen LogP contribution >= 0.6 is 0 Å². The Labute approximate surface area is 121 Å². The van der Waals surface area contributed by atoms with Gasteiger partial charge in [0, 0.05) is 31.6 Å². The number of carboxylic acids is 1. The number of aromatic nitrogens is 1. The molecule has 0 aliphatic carbocycles. The third kappa shape index (κ3) is 4.11. The van der Waals surface area contributed by atoms with Crippen molar-refractivity contribution in [2.24, 2.45) is 0 Å². The minimum absolute atomic E-state index is 0.135. The van der Waals surface area contributed by atoms with Crippen LogP contribution in [0.15, 0.2) is 24.5 Å². The molecule has 0 spiro atoms. The van der Waals surface area contributed by atoms with Gasteiger partial charge in [0.25, 0.3) is 5.91 Å². The van der Waals surface area contributed by atoms with Crippen LogP contribution in [0.3, 0.4) is 0 Å². The summed E-state index contributed by atoms with van der Waals surface area (Å²) in [6.07, 6.45) is 4.91. The van der Waals surface area contributed by atoms with Crippen molar-refractivity contribution in [3.8, 4) is 0 Å². The van der Waals surface area contributed by atoms with E-state index in [1.54, 1.807) is 11.0 Å². The number of aliphatic hydroxyl groups is 1. The maximum absolute atomic E-state index is 12.4. The predicted molar refractivity (Wildman–Crippen MR) is 73.6 cm³/mol. The zero-order valence-electron chi connectivity index (χ0n) is 11.3. The number of morpholine rings is 1. The number of aliphatic carboxylic acids is 1. The van der Waals surface area contributed by atoms with Crippen LogP contribution in [-0.4, -0.2) is 64.4 Å². The number of carbonyl (C=O) groups is 2. The van der Waals surface area contributed by atoms with Crippen molar-refractivity contribution in [1.82, 2.24) is 9.88 Å². The summed E-state index contributed by atoms with van der Waals surface area (Å²) in [6.45, 7) is 1.02. The summed E-state index contributed by atoms with van der Waals surface area (Å²) in [7, 11) is 0. The smallest absolute Gasteiger partial charge is 0.328 e. The van der Waals surface area contributed by atoms with Crippen molar-refractivity contribution in [1.29, 1.82) is 0 Å². The Kier molecular flexibility index (Phi) is 5.02. The highest BCUT2D eigenvalue weighted by atomic mass is 16.5. The van der Waals surface area contributed by atoms with E-state index in [-0.39, 0.29) is 18.6 Å². The van der Waals surface area contributed by atoms with Gasteiger partial charge in [-0.15, -0.1) is 0 Å². The predicted octanol–water partition coefficient (Wildman–Crippen LogP) is 0.0127. The molecule has 21 heavy (non-hydrogen) atoms. The van der Waals surface area contributed by atoms with Crippen molar-refractivity contribution in [3.05, 3.63) is 35.7 Å². The highest BCUT2D eigenvalue weighted by Crippen LogP contribution is 2.12. The molecule has 1 saturated heterocycles. The second-order valence-electron chi connectivity index (χ2n) is 4.61. The van der Waals surface area contributed by atoms with Crippen LogP contribution < -0.4 is 0 Å². The number of ether oxygens (including phenoxy) is 1. The summed E-state index contributed by atoms with van der Waals surface area (Å²) >= 11 is 0. The van der Waals surface area contributed by atoms with Crippen molar-refractivity contribution >= 4 is 18.0 Å². The zero-order chi connectivity index (χ0) is 15.2. The molecule has 1 amide bonds. The molecular formula is C14H16N2O5. The lowest BCUT2D eigenvalue weighted by Crippen LogP contribution is -2.46. The van der Waals surface area contributed by atoms with Crippen molar-refractivity contribution < 1.29 is 24.5 Å². The van der Waals surface area contributed by atoms with Gasteiger partial charge < -0.3 is 19.8 Å². The van der Waals surface area contributed by atoms with E-state index < -0.39 is 5.97 Å².